The average Bonchev–Trinajstić information content (AvgIpc) is 2.10. The fourth-order valence-corrected chi connectivity index (χ4v) is 2.93. The van der Waals surface area contributed by atoms with Crippen molar-refractivity contribution in [2.75, 3.05) is 16.4 Å². The monoisotopic (exact) mass is 311 g/mol. The first kappa shape index (κ1) is 12.8. The maximum atomic E-state index is 11.4. The number of halogens is 2. The third-order valence-corrected chi connectivity index (χ3v) is 4.11. The zero-order valence-corrected chi connectivity index (χ0v) is 11.3. The van der Waals surface area contributed by atoms with Crippen molar-refractivity contribution >= 4 is 43.2 Å². The first-order valence-corrected chi connectivity index (χ1v) is 7.25. The van der Waals surface area contributed by atoms with Crippen molar-refractivity contribution in [1.82, 2.24) is 0 Å². The van der Waals surface area contributed by atoms with E-state index in [1.54, 1.807) is 12.1 Å². The van der Waals surface area contributed by atoms with Crippen molar-refractivity contribution in [3.63, 3.8) is 0 Å². The second kappa shape index (κ2) is 5.18. The number of rotatable bonds is 4. The summed E-state index contributed by atoms with van der Waals surface area (Å²) in [6.45, 7) is 1.89. The molecule has 0 radical (unpaired) electrons. The SMILES string of the molecule is Cc1ccc(Br)c(NS(=O)(=O)CCCl)c1. The Morgan fingerprint density at radius 2 is 2.13 bits per heavy atom. The number of nitrogens with one attached hydrogen (secondary N) is 1. The molecular weight excluding hydrogens is 302 g/mol. The summed E-state index contributed by atoms with van der Waals surface area (Å²) < 4.78 is 26.1. The number of aryl methyl sites for hydroxylation is 1. The van der Waals surface area contributed by atoms with E-state index in [-0.39, 0.29) is 11.6 Å². The summed E-state index contributed by atoms with van der Waals surface area (Å²) in [6.07, 6.45) is 0. The van der Waals surface area contributed by atoms with Gasteiger partial charge in [0.15, 0.2) is 0 Å². The van der Waals surface area contributed by atoms with Gasteiger partial charge in [-0.25, -0.2) is 8.42 Å². The van der Waals surface area contributed by atoms with Gasteiger partial charge in [0.2, 0.25) is 10.0 Å². The minimum Gasteiger partial charge on any atom is -0.282 e. The van der Waals surface area contributed by atoms with E-state index in [4.69, 9.17) is 11.6 Å². The molecule has 0 saturated heterocycles. The van der Waals surface area contributed by atoms with Crippen LogP contribution in [-0.4, -0.2) is 20.1 Å². The number of sulfonamides is 1. The van der Waals surface area contributed by atoms with Crippen molar-refractivity contribution in [1.29, 1.82) is 0 Å². The van der Waals surface area contributed by atoms with Gasteiger partial charge in [-0.15, -0.1) is 11.6 Å². The molecule has 0 amide bonds. The molecule has 6 heteroatoms. The summed E-state index contributed by atoms with van der Waals surface area (Å²) in [7, 11) is -3.34. The van der Waals surface area contributed by atoms with Gasteiger partial charge in [0.05, 0.1) is 11.4 Å². The van der Waals surface area contributed by atoms with Crippen molar-refractivity contribution in [2.24, 2.45) is 0 Å². The molecule has 0 fully saturated rings. The summed E-state index contributed by atoms with van der Waals surface area (Å²) in [6, 6.07) is 5.45. The molecule has 3 nitrogen and oxygen atoms in total. The predicted molar refractivity (Wildman–Crippen MR) is 67.0 cm³/mol. The lowest BCUT2D eigenvalue weighted by molar-refractivity contribution is 0.602. The quantitative estimate of drug-likeness (QED) is 0.869. The first-order chi connectivity index (χ1) is 6.94. The van der Waals surface area contributed by atoms with Crippen LogP contribution < -0.4 is 4.72 Å². The van der Waals surface area contributed by atoms with E-state index in [0.717, 1.165) is 5.56 Å². The highest BCUT2D eigenvalue weighted by molar-refractivity contribution is 9.10. The Hall–Kier alpha value is -0.260. The molecule has 0 spiro atoms. The van der Waals surface area contributed by atoms with E-state index < -0.39 is 10.0 Å². The summed E-state index contributed by atoms with van der Waals surface area (Å²) in [5.41, 5.74) is 1.53. The van der Waals surface area contributed by atoms with Gasteiger partial charge in [-0.3, -0.25) is 4.72 Å². The summed E-state index contributed by atoms with van der Waals surface area (Å²) in [5.74, 6) is -0.00624. The van der Waals surface area contributed by atoms with Gasteiger partial charge in [0, 0.05) is 10.4 Å². The van der Waals surface area contributed by atoms with E-state index >= 15 is 0 Å². The summed E-state index contributed by atoms with van der Waals surface area (Å²) in [4.78, 5) is 0. The Morgan fingerprint density at radius 3 is 2.73 bits per heavy atom. The second-order valence-corrected chi connectivity index (χ2v) is 6.17. The molecule has 1 aromatic rings. The first-order valence-electron chi connectivity index (χ1n) is 4.27. The highest BCUT2D eigenvalue weighted by Gasteiger charge is 2.11. The van der Waals surface area contributed by atoms with Gasteiger partial charge in [-0.1, -0.05) is 6.07 Å². The van der Waals surface area contributed by atoms with E-state index in [2.05, 4.69) is 20.7 Å². The van der Waals surface area contributed by atoms with Crippen molar-refractivity contribution < 1.29 is 8.42 Å². The zero-order chi connectivity index (χ0) is 11.5. The Labute approximate surface area is 103 Å². The molecule has 0 heterocycles. The Bertz CT molecular complexity index is 447. The van der Waals surface area contributed by atoms with Crippen LogP contribution in [-0.2, 0) is 10.0 Å². The fraction of sp³-hybridized carbons (Fsp3) is 0.333. The van der Waals surface area contributed by atoms with E-state index in [9.17, 15) is 8.42 Å². The number of alkyl halides is 1. The van der Waals surface area contributed by atoms with E-state index in [1.807, 2.05) is 13.0 Å². The number of anilines is 1. The molecule has 0 aliphatic carbocycles. The Kier molecular flexibility index (Phi) is 4.43. The normalized spacial score (nSPS) is 11.4. The maximum Gasteiger partial charge on any atom is 0.233 e. The van der Waals surface area contributed by atoms with Crippen LogP contribution in [0.1, 0.15) is 5.56 Å². The molecule has 0 aliphatic rings. The Morgan fingerprint density at radius 1 is 1.47 bits per heavy atom. The molecule has 15 heavy (non-hydrogen) atoms. The lowest BCUT2D eigenvalue weighted by Gasteiger charge is -2.09. The summed E-state index contributed by atoms with van der Waals surface area (Å²) >= 11 is 8.67. The molecule has 1 rings (SSSR count). The highest BCUT2D eigenvalue weighted by Crippen LogP contribution is 2.24. The minimum atomic E-state index is -3.34. The molecule has 1 N–H and O–H groups in total. The molecule has 0 bridgehead atoms. The predicted octanol–water partition coefficient (Wildman–Crippen LogP) is 2.74. The van der Waals surface area contributed by atoms with Crippen molar-refractivity contribution in [2.45, 2.75) is 6.92 Å². The van der Waals surface area contributed by atoms with Crippen LogP contribution in [0.25, 0.3) is 0 Å². The van der Waals surface area contributed by atoms with Gasteiger partial charge < -0.3 is 0 Å². The van der Waals surface area contributed by atoms with Gasteiger partial charge in [0.25, 0.3) is 0 Å². The zero-order valence-electron chi connectivity index (χ0n) is 8.13. The minimum absolute atomic E-state index is 0.0821. The van der Waals surface area contributed by atoms with Gasteiger partial charge >= 0.3 is 0 Å². The molecular formula is C9H11BrClNO2S. The standard InChI is InChI=1S/C9H11BrClNO2S/c1-7-2-3-8(10)9(6-7)12-15(13,14)5-4-11/h2-3,6,12H,4-5H2,1H3. The molecule has 0 aliphatic heterocycles. The largest absolute Gasteiger partial charge is 0.282 e. The molecule has 0 atom stereocenters. The lowest BCUT2D eigenvalue weighted by atomic mass is 10.2. The maximum absolute atomic E-state index is 11.4. The number of hydrogen-bond donors (Lipinski definition) is 1. The van der Waals surface area contributed by atoms with Gasteiger partial charge in [0.1, 0.15) is 0 Å². The van der Waals surface area contributed by atoms with Crippen LogP contribution in [0.15, 0.2) is 22.7 Å². The van der Waals surface area contributed by atoms with Crippen LogP contribution in [0.5, 0.6) is 0 Å². The molecule has 0 saturated carbocycles. The van der Waals surface area contributed by atoms with Crippen LogP contribution in [0, 0.1) is 6.92 Å². The number of benzene rings is 1. The van der Waals surface area contributed by atoms with Crippen molar-refractivity contribution in [3.8, 4) is 0 Å². The van der Waals surface area contributed by atoms with Crippen molar-refractivity contribution in [3.05, 3.63) is 28.2 Å². The lowest BCUT2D eigenvalue weighted by Crippen LogP contribution is -2.17. The summed E-state index contributed by atoms with van der Waals surface area (Å²) in [5, 5.41) is 0. The third-order valence-electron chi connectivity index (χ3n) is 1.73. The van der Waals surface area contributed by atoms with Crippen LogP contribution in [0.4, 0.5) is 5.69 Å². The smallest absolute Gasteiger partial charge is 0.233 e. The third kappa shape index (κ3) is 4.01. The number of hydrogen-bond acceptors (Lipinski definition) is 2. The van der Waals surface area contributed by atoms with E-state index in [0.29, 0.717) is 10.2 Å². The van der Waals surface area contributed by atoms with Crippen LogP contribution in [0.2, 0.25) is 0 Å². The second-order valence-electron chi connectivity index (χ2n) is 3.09. The van der Waals surface area contributed by atoms with Gasteiger partial charge in [-0.2, -0.15) is 0 Å². The fourth-order valence-electron chi connectivity index (χ4n) is 1.04. The molecule has 0 aromatic heterocycles. The molecule has 0 unspecified atom stereocenters. The van der Waals surface area contributed by atoms with E-state index in [1.165, 1.54) is 0 Å². The van der Waals surface area contributed by atoms with Crippen LogP contribution >= 0.6 is 27.5 Å². The van der Waals surface area contributed by atoms with Gasteiger partial charge in [-0.05, 0) is 40.5 Å². The average molecular weight is 313 g/mol. The highest BCUT2D eigenvalue weighted by atomic mass is 79.9. The Balaban J connectivity index is 2.94. The topological polar surface area (TPSA) is 46.2 Å². The molecule has 84 valence electrons. The molecule has 1 aromatic carbocycles. The van der Waals surface area contributed by atoms with Crippen LogP contribution in [0.3, 0.4) is 0 Å².